The fourth-order valence-corrected chi connectivity index (χ4v) is 3.15. The monoisotopic (exact) mass is 407 g/mol. The molecule has 0 atom stereocenters. The number of amides is 1. The Morgan fingerprint density at radius 3 is 2.45 bits per heavy atom. The van der Waals surface area contributed by atoms with Crippen molar-refractivity contribution >= 4 is 34.2 Å². The van der Waals surface area contributed by atoms with Crippen molar-refractivity contribution in [2.24, 2.45) is 7.05 Å². The van der Waals surface area contributed by atoms with Crippen molar-refractivity contribution in [2.45, 2.75) is 13.3 Å². The van der Waals surface area contributed by atoms with Gasteiger partial charge in [0.2, 0.25) is 0 Å². The third-order valence-electron chi connectivity index (χ3n) is 4.65. The number of hydrogen-bond acceptors (Lipinski definition) is 4. The first-order valence-electron chi connectivity index (χ1n) is 9.08. The van der Waals surface area contributed by atoms with E-state index in [1.165, 1.54) is 21.1 Å². The van der Waals surface area contributed by atoms with Gasteiger partial charge in [0, 0.05) is 17.8 Å². The van der Waals surface area contributed by atoms with Gasteiger partial charge in [0.15, 0.2) is 11.2 Å². The van der Waals surface area contributed by atoms with Crippen LogP contribution in [-0.4, -0.2) is 25.2 Å². The highest BCUT2D eigenvalue weighted by atomic mass is 35.5. The van der Waals surface area contributed by atoms with Crippen LogP contribution in [0.4, 0.5) is 5.69 Å². The molecular formula is C21H18ClN5O2. The van der Waals surface area contributed by atoms with Gasteiger partial charge >= 0.3 is 0 Å². The molecule has 0 aliphatic carbocycles. The van der Waals surface area contributed by atoms with Crippen LogP contribution >= 0.6 is 11.6 Å². The summed E-state index contributed by atoms with van der Waals surface area (Å²) in [5.74, 6) is -0.437. The number of carbonyl (C=O) groups is 1. The number of hydrogen-bond donors (Lipinski definition) is 1. The number of rotatable bonds is 4. The molecule has 2 aromatic carbocycles. The van der Waals surface area contributed by atoms with E-state index < -0.39 is 5.91 Å². The highest BCUT2D eigenvalue weighted by Gasteiger charge is 2.22. The minimum atomic E-state index is -0.437. The third kappa shape index (κ3) is 3.52. The Hall–Kier alpha value is -3.45. The van der Waals surface area contributed by atoms with Crippen LogP contribution in [0.2, 0.25) is 5.02 Å². The third-order valence-corrected chi connectivity index (χ3v) is 4.90. The number of anilines is 1. The Morgan fingerprint density at radius 1 is 1.10 bits per heavy atom. The summed E-state index contributed by atoms with van der Waals surface area (Å²) in [4.78, 5) is 30.0. The standard InChI is InChI=1S/C21H18ClN5O2/c1-3-13-4-8-15(9-5-13)24-20(28)18-17-19(21(29)26(2)12-23-17)27(25-18)16-10-6-14(22)7-11-16/h4-12H,3H2,1-2H3,(H,24,28). The molecule has 0 bridgehead atoms. The van der Waals surface area contributed by atoms with Crippen molar-refractivity contribution in [3.05, 3.63) is 81.5 Å². The molecule has 1 amide bonds. The van der Waals surface area contributed by atoms with Crippen molar-refractivity contribution in [1.82, 2.24) is 19.3 Å². The molecule has 146 valence electrons. The predicted molar refractivity (Wildman–Crippen MR) is 113 cm³/mol. The van der Waals surface area contributed by atoms with Gasteiger partial charge in [0.05, 0.1) is 12.0 Å². The summed E-state index contributed by atoms with van der Waals surface area (Å²) in [6, 6.07) is 14.4. The second-order valence-corrected chi connectivity index (χ2v) is 7.04. The van der Waals surface area contributed by atoms with Crippen LogP contribution in [0, 0.1) is 0 Å². The lowest BCUT2D eigenvalue weighted by atomic mass is 10.1. The molecule has 2 heterocycles. The number of benzene rings is 2. The fourth-order valence-electron chi connectivity index (χ4n) is 3.02. The average Bonchev–Trinajstić information content (AvgIpc) is 3.12. The first-order valence-corrected chi connectivity index (χ1v) is 9.46. The van der Waals surface area contributed by atoms with Crippen molar-refractivity contribution in [2.75, 3.05) is 5.32 Å². The van der Waals surface area contributed by atoms with Crippen molar-refractivity contribution < 1.29 is 4.79 Å². The maximum Gasteiger partial charge on any atom is 0.279 e. The normalized spacial score (nSPS) is 11.0. The lowest BCUT2D eigenvalue weighted by Gasteiger charge is -2.04. The van der Waals surface area contributed by atoms with Crippen LogP contribution in [0.15, 0.2) is 59.7 Å². The number of carbonyl (C=O) groups excluding carboxylic acids is 1. The molecule has 0 radical (unpaired) electrons. The quantitative estimate of drug-likeness (QED) is 0.560. The number of aromatic nitrogens is 4. The van der Waals surface area contributed by atoms with Crippen molar-refractivity contribution in [1.29, 1.82) is 0 Å². The molecule has 0 saturated carbocycles. The summed E-state index contributed by atoms with van der Waals surface area (Å²) in [7, 11) is 1.60. The molecule has 0 unspecified atom stereocenters. The smallest absolute Gasteiger partial charge is 0.279 e. The Bertz CT molecular complexity index is 1260. The Balaban J connectivity index is 1.82. The Labute approximate surface area is 171 Å². The molecule has 4 rings (SSSR count). The minimum Gasteiger partial charge on any atom is -0.321 e. The SMILES string of the molecule is CCc1ccc(NC(=O)c2nn(-c3ccc(Cl)cc3)c3c(=O)n(C)cnc23)cc1. The maximum atomic E-state index is 12.9. The van der Waals surface area contributed by atoms with Crippen LogP contribution in [0.1, 0.15) is 23.0 Å². The van der Waals surface area contributed by atoms with Gasteiger partial charge in [-0.2, -0.15) is 5.10 Å². The lowest BCUT2D eigenvalue weighted by molar-refractivity contribution is 0.102. The number of aryl methyl sites for hydroxylation is 2. The van der Waals surface area contributed by atoms with Crippen molar-refractivity contribution in [3.8, 4) is 5.69 Å². The topological polar surface area (TPSA) is 81.8 Å². The number of halogens is 1. The summed E-state index contributed by atoms with van der Waals surface area (Å²) in [6.07, 6.45) is 2.29. The van der Waals surface area contributed by atoms with E-state index in [1.54, 1.807) is 31.3 Å². The van der Waals surface area contributed by atoms with E-state index in [2.05, 4.69) is 22.3 Å². The van der Waals surface area contributed by atoms with Crippen LogP contribution < -0.4 is 10.9 Å². The number of nitrogens with zero attached hydrogens (tertiary/aromatic N) is 4. The molecule has 7 nitrogen and oxygen atoms in total. The largest absolute Gasteiger partial charge is 0.321 e. The minimum absolute atomic E-state index is 0.0761. The Morgan fingerprint density at radius 2 is 1.79 bits per heavy atom. The van der Waals surface area contributed by atoms with E-state index in [4.69, 9.17) is 11.6 Å². The molecular weight excluding hydrogens is 390 g/mol. The van der Waals surface area contributed by atoms with Gasteiger partial charge in [-0.25, -0.2) is 9.67 Å². The van der Waals surface area contributed by atoms with Crippen LogP contribution in [0.3, 0.4) is 0 Å². The molecule has 1 N–H and O–H groups in total. The zero-order valence-electron chi connectivity index (χ0n) is 15.9. The summed E-state index contributed by atoms with van der Waals surface area (Å²) in [5, 5.41) is 7.79. The number of fused-ring (bicyclic) bond motifs is 1. The second kappa shape index (κ2) is 7.52. The van der Waals surface area contributed by atoms with E-state index in [0.29, 0.717) is 16.4 Å². The zero-order valence-corrected chi connectivity index (χ0v) is 16.6. The van der Waals surface area contributed by atoms with Gasteiger partial charge in [-0.3, -0.25) is 9.59 Å². The molecule has 29 heavy (non-hydrogen) atoms. The molecule has 8 heteroatoms. The molecule has 0 saturated heterocycles. The Kier molecular flexibility index (Phi) is 4.90. The van der Waals surface area contributed by atoms with Gasteiger partial charge in [-0.15, -0.1) is 0 Å². The first-order chi connectivity index (χ1) is 14.0. The number of nitrogens with one attached hydrogen (secondary N) is 1. The second-order valence-electron chi connectivity index (χ2n) is 6.60. The summed E-state index contributed by atoms with van der Waals surface area (Å²) < 4.78 is 2.78. The van der Waals surface area contributed by atoms with Crippen LogP contribution in [-0.2, 0) is 13.5 Å². The summed E-state index contributed by atoms with van der Waals surface area (Å²) in [6.45, 7) is 2.06. The highest BCUT2D eigenvalue weighted by Crippen LogP contribution is 2.20. The first kappa shape index (κ1) is 18.9. The zero-order chi connectivity index (χ0) is 20.5. The average molecular weight is 408 g/mol. The van der Waals surface area contributed by atoms with E-state index in [0.717, 1.165) is 6.42 Å². The van der Waals surface area contributed by atoms with Crippen LogP contribution in [0.5, 0.6) is 0 Å². The van der Waals surface area contributed by atoms with Crippen LogP contribution in [0.25, 0.3) is 16.7 Å². The molecule has 0 aliphatic heterocycles. The molecule has 0 fully saturated rings. The van der Waals surface area contributed by atoms with E-state index in [1.807, 2.05) is 24.3 Å². The fraction of sp³-hybridized carbons (Fsp3) is 0.143. The van der Waals surface area contributed by atoms with E-state index in [-0.39, 0.29) is 22.3 Å². The predicted octanol–water partition coefficient (Wildman–Crippen LogP) is 3.59. The van der Waals surface area contributed by atoms with E-state index in [9.17, 15) is 9.59 Å². The highest BCUT2D eigenvalue weighted by molar-refractivity contribution is 6.30. The maximum absolute atomic E-state index is 12.9. The molecule has 2 aromatic heterocycles. The molecule has 4 aromatic rings. The van der Waals surface area contributed by atoms with Gasteiger partial charge in [-0.1, -0.05) is 30.7 Å². The summed E-state index contributed by atoms with van der Waals surface area (Å²) >= 11 is 5.97. The lowest BCUT2D eigenvalue weighted by Crippen LogP contribution is -2.19. The van der Waals surface area contributed by atoms with E-state index >= 15 is 0 Å². The van der Waals surface area contributed by atoms with Gasteiger partial charge in [0.1, 0.15) is 5.52 Å². The van der Waals surface area contributed by atoms with Gasteiger partial charge < -0.3 is 9.88 Å². The van der Waals surface area contributed by atoms with Gasteiger partial charge in [-0.05, 0) is 48.4 Å². The molecule has 0 aliphatic rings. The summed E-state index contributed by atoms with van der Waals surface area (Å²) in [5.41, 5.74) is 2.66. The van der Waals surface area contributed by atoms with Gasteiger partial charge in [0.25, 0.3) is 11.5 Å². The van der Waals surface area contributed by atoms with Crippen molar-refractivity contribution in [3.63, 3.8) is 0 Å². The molecule has 0 spiro atoms.